The first kappa shape index (κ1) is 17.2. The first-order chi connectivity index (χ1) is 11.9. The first-order valence-electron chi connectivity index (χ1n) is 8.77. The number of unbranched alkanes of at least 4 members (excludes halogenated alkanes) is 1. The lowest BCUT2D eigenvalue weighted by molar-refractivity contribution is 0.0763. The van der Waals surface area contributed by atoms with Crippen LogP contribution in [-0.2, 0) is 12.1 Å². The van der Waals surface area contributed by atoms with E-state index in [0.29, 0.717) is 12.5 Å². The molecule has 25 heavy (non-hydrogen) atoms. The summed E-state index contributed by atoms with van der Waals surface area (Å²) in [7, 11) is 0. The number of hydrogen-bond donors (Lipinski definition) is 0. The lowest BCUT2D eigenvalue weighted by Crippen LogP contribution is -2.26. The Labute approximate surface area is 148 Å². The molecule has 0 aliphatic carbocycles. The van der Waals surface area contributed by atoms with Gasteiger partial charge in [0.1, 0.15) is 0 Å². The second kappa shape index (κ2) is 6.36. The molecule has 0 bridgehead atoms. The molecule has 0 N–H and O–H groups in total. The molecule has 1 aromatic carbocycles. The molecule has 2 aromatic rings. The standard InChI is InChI=1S/C20H24N4O/c1-5-6-11-23-13-24-17(14(2)22-18(24)19(23)25)15-7-9-16(10-8-15)20(3,4)12-21/h7-10H,5-6,11,13H2,1-4H3. The van der Waals surface area contributed by atoms with Crippen LogP contribution in [0.2, 0.25) is 0 Å². The van der Waals surface area contributed by atoms with Gasteiger partial charge in [0.25, 0.3) is 5.91 Å². The second-order valence-electron chi connectivity index (χ2n) is 7.18. The lowest BCUT2D eigenvalue weighted by atomic mass is 9.86. The van der Waals surface area contributed by atoms with E-state index in [-0.39, 0.29) is 5.91 Å². The van der Waals surface area contributed by atoms with E-state index in [9.17, 15) is 10.1 Å². The van der Waals surface area contributed by atoms with E-state index in [1.807, 2.05) is 54.5 Å². The third-order valence-electron chi connectivity index (χ3n) is 4.87. The van der Waals surface area contributed by atoms with Gasteiger partial charge in [-0.1, -0.05) is 37.6 Å². The van der Waals surface area contributed by atoms with Gasteiger partial charge in [-0.15, -0.1) is 0 Å². The molecule has 5 heteroatoms. The van der Waals surface area contributed by atoms with Gasteiger partial charge in [0.2, 0.25) is 5.82 Å². The van der Waals surface area contributed by atoms with E-state index in [2.05, 4.69) is 18.0 Å². The van der Waals surface area contributed by atoms with Gasteiger partial charge in [0.15, 0.2) is 0 Å². The van der Waals surface area contributed by atoms with Crippen LogP contribution in [0.15, 0.2) is 24.3 Å². The number of imidazole rings is 1. The van der Waals surface area contributed by atoms with Gasteiger partial charge >= 0.3 is 0 Å². The molecule has 130 valence electrons. The highest BCUT2D eigenvalue weighted by Gasteiger charge is 2.32. The summed E-state index contributed by atoms with van der Waals surface area (Å²) < 4.78 is 2.01. The van der Waals surface area contributed by atoms with Crippen molar-refractivity contribution in [3.05, 3.63) is 41.3 Å². The zero-order valence-electron chi connectivity index (χ0n) is 15.3. The second-order valence-corrected chi connectivity index (χ2v) is 7.18. The minimum absolute atomic E-state index is 0.0185. The van der Waals surface area contributed by atoms with Crippen LogP contribution in [0, 0.1) is 18.3 Å². The van der Waals surface area contributed by atoms with E-state index in [1.165, 1.54) is 0 Å². The third kappa shape index (κ3) is 2.93. The Hall–Kier alpha value is -2.61. The maximum atomic E-state index is 12.5. The van der Waals surface area contributed by atoms with Gasteiger partial charge in [-0.2, -0.15) is 5.26 Å². The molecule has 0 saturated carbocycles. The molecule has 1 amide bonds. The molecule has 0 radical (unpaired) electrons. The van der Waals surface area contributed by atoms with Crippen molar-refractivity contribution in [2.75, 3.05) is 6.54 Å². The molecule has 0 fully saturated rings. The van der Waals surface area contributed by atoms with Gasteiger partial charge in [-0.3, -0.25) is 4.79 Å². The summed E-state index contributed by atoms with van der Waals surface area (Å²) >= 11 is 0. The van der Waals surface area contributed by atoms with Crippen molar-refractivity contribution >= 4 is 5.91 Å². The van der Waals surface area contributed by atoms with Crippen molar-refractivity contribution in [1.29, 1.82) is 5.26 Å². The number of benzene rings is 1. The van der Waals surface area contributed by atoms with Gasteiger partial charge in [-0.05, 0) is 32.8 Å². The summed E-state index contributed by atoms with van der Waals surface area (Å²) in [5.74, 6) is 0.551. The molecule has 5 nitrogen and oxygen atoms in total. The summed E-state index contributed by atoms with van der Waals surface area (Å²) in [5.41, 5.74) is 3.35. The predicted molar refractivity (Wildman–Crippen MR) is 97.0 cm³/mol. The fraction of sp³-hybridized carbons (Fsp3) is 0.450. The van der Waals surface area contributed by atoms with Crippen molar-refractivity contribution in [3.63, 3.8) is 0 Å². The quantitative estimate of drug-likeness (QED) is 0.832. The SMILES string of the molecule is CCCCN1Cn2c(nc(C)c2-c2ccc(C(C)(C)C#N)cc2)C1=O. The molecular formula is C20H24N4O. The van der Waals surface area contributed by atoms with E-state index < -0.39 is 5.41 Å². The number of rotatable bonds is 5. The van der Waals surface area contributed by atoms with Gasteiger partial charge in [0, 0.05) is 12.1 Å². The minimum atomic E-state index is -0.514. The number of carbonyl (C=O) groups is 1. The zero-order chi connectivity index (χ0) is 18.2. The molecule has 1 aromatic heterocycles. The van der Waals surface area contributed by atoms with Crippen molar-refractivity contribution in [3.8, 4) is 17.3 Å². The summed E-state index contributed by atoms with van der Waals surface area (Å²) in [5, 5.41) is 9.29. The fourth-order valence-electron chi connectivity index (χ4n) is 3.25. The Bertz CT molecular complexity index is 840. The number of aryl methyl sites for hydroxylation is 1. The molecule has 1 aliphatic rings. The number of nitriles is 1. The van der Waals surface area contributed by atoms with Crippen molar-refractivity contribution in [2.45, 2.75) is 52.6 Å². The van der Waals surface area contributed by atoms with E-state index in [4.69, 9.17) is 0 Å². The van der Waals surface area contributed by atoms with Crippen LogP contribution in [-0.4, -0.2) is 26.9 Å². The normalized spacial score (nSPS) is 13.9. The summed E-state index contributed by atoms with van der Waals surface area (Å²) in [6, 6.07) is 10.3. The van der Waals surface area contributed by atoms with E-state index in [1.54, 1.807) is 0 Å². The Kier molecular flexibility index (Phi) is 4.38. The van der Waals surface area contributed by atoms with Crippen LogP contribution < -0.4 is 0 Å². The van der Waals surface area contributed by atoms with Crippen LogP contribution in [0.1, 0.15) is 55.5 Å². The number of aromatic nitrogens is 2. The highest BCUT2D eigenvalue weighted by Crippen LogP contribution is 2.31. The third-order valence-corrected chi connectivity index (χ3v) is 4.87. The van der Waals surface area contributed by atoms with E-state index >= 15 is 0 Å². The molecule has 2 heterocycles. The Morgan fingerprint density at radius 2 is 1.96 bits per heavy atom. The fourth-order valence-corrected chi connectivity index (χ4v) is 3.25. The van der Waals surface area contributed by atoms with Gasteiger partial charge < -0.3 is 9.47 Å². The number of hydrogen-bond acceptors (Lipinski definition) is 3. The number of carbonyl (C=O) groups excluding carboxylic acids is 1. The zero-order valence-corrected chi connectivity index (χ0v) is 15.3. The predicted octanol–water partition coefficient (Wildman–Crippen LogP) is 3.87. The van der Waals surface area contributed by atoms with E-state index in [0.717, 1.165) is 41.9 Å². The largest absolute Gasteiger partial charge is 0.318 e. The maximum absolute atomic E-state index is 12.5. The summed E-state index contributed by atoms with van der Waals surface area (Å²) in [6.07, 6.45) is 2.07. The van der Waals surface area contributed by atoms with Crippen molar-refractivity contribution < 1.29 is 4.79 Å². The van der Waals surface area contributed by atoms with Crippen LogP contribution in [0.5, 0.6) is 0 Å². The smallest absolute Gasteiger partial charge is 0.291 e. The van der Waals surface area contributed by atoms with Gasteiger partial charge in [0.05, 0.1) is 29.5 Å². The van der Waals surface area contributed by atoms with Gasteiger partial charge in [-0.25, -0.2) is 4.98 Å². The molecule has 3 rings (SSSR count). The molecule has 0 spiro atoms. The van der Waals surface area contributed by atoms with Crippen LogP contribution in [0.4, 0.5) is 0 Å². The van der Waals surface area contributed by atoms with Crippen LogP contribution in [0.25, 0.3) is 11.3 Å². The molecular weight excluding hydrogens is 312 g/mol. The number of amides is 1. The van der Waals surface area contributed by atoms with Crippen molar-refractivity contribution in [2.24, 2.45) is 0 Å². The minimum Gasteiger partial charge on any atom is -0.318 e. The average Bonchev–Trinajstić information content (AvgIpc) is 3.08. The molecule has 0 unspecified atom stereocenters. The Balaban J connectivity index is 1.95. The van der Waals surface area contributed by atoms with Crippen LogP contribution in [0.3, 0.4) is 0 Å². The summed E-state index contributed by atoms with van der Waals surface area (Å²) in [6.45, 7) is 9.22. The monoisotopic (exact) mass is 336 g/mol. The lowest BCUT2D eigenvalue weighted by Gasteiger charge is -2.17. The first-order valence-corrected chi connectivity index (χ1v) is 8.77. The highest BCUT2D eigenvalue weighted by molar-refractivity contribution is 5.94. The molecule has 0 atom stereocenters. The highest BCUT2D eigenvalue weighted by atomic mass is 16.2. The summed E-state index contributed by atoms with van der Waals surface area (Å²) in [4.78, 5) is 18.9. The van der Waals surface area contributed by atoms with Crippen molar-refractivity contribution in [1.82, 2.24) is 14.5 Å². The molecule has 1 aliphatic heterocycles. The maximum Gasteiger partial charge on any atom is 0.291 e. The average molecular weight is 336 g/mol. The number of nitrogens with zero attached hydrogens (tertiary/aromatic N) is 4. The molecule has 0 saturated heterocycles. The Morgan fingerprint density at radius 3 is 2.56 bits per heavy atom. The van der Waals surface area contributed by atoms with Crippen LogP contribution >= 0.6 is 0 Å². The topological polar surface area (TPSA) is 61.9 Å². The number of fused-ring (bicyclic) bond motifs is 1. The Morgan fingerprint density at radius 1 is 1.28 bits per heavy atom.